The maximum atomic E-state index is 8.77. The second-order valence-electron chi connectivity index (χ2n) is 3.41. The second-order valence-corrected chi connectivity index (χ2v) is 3.41. The Morgan fingerprint density at radius 1 is 1.47 bits per heavy atom. The lowest BCUT2D eigenvalue weighted by molar-refractivity contribution is 0.198. The van der Waals surface area contributed by atoms with Crippen LogP contribution < -0.4 is 5.32 Å². The molecule has 1 aromatic carbocycles. The Morgan fingerprint density at radius 3 is 2.87 bits per heavy atom. The first-order chi connectivity index (χ1) is 7.27. The highest BCUT2D eigenvalue weighted by Gasteiger charge is 1.98. The molecule has 0 heterocycles. The molecule has 80 valence electrons. The summed E-state index contributed by atoms with van der Waals surface area (Å²) in [5, 5.41) is 12.1. The van der Waals surface area contributed by atoms with Gasteiger partial charge in [0.15, 0.2) is 0 Å². The molecule has 0 aliphatic heterocycles. The minimum Gasteiger partial charge on any atom is -0.385 e. The third-order valence-electron chi connectivity index (χ3n) is 2.20. The summed E-state index contributed by atoms with van der Waals surface area (Å²) in [7, 11) is 1.70. The van der Waals surface area contributed by atoms with Gasteiger partial charge in [-0.1, -0.05) is 0 Å². The zero-order chi connectivity index (χ0) is 11.1. The molecule has 0 fully saturated rings. The first kappa shape index (κ1) is 11.5. The first-order valence-corrected chi connectivity index (χ1v) is 5.01. The molecule has 1 N–H and O–H groups in total. The zero-order valence-electron chi connectivity index (χ0n) is 9.21. The summed E-state index contributed by atoms with van der Waals surface area (Å²) in [6.07, 6.45) is 0.982. The Hall–Kier alpha value is -1.53. The van der Waals surface area contributed by atoms with Crippen LogP contribution in [0.2, 0.25) is 0 Å². The van der Waals surface area contributed by atoms with Gasteiger partial charge < -0.3 is 10.1 Å². The fraction of sp³-hybridized carbons (Fsp3) is 0.417. The van der Waals surface area contributed by atoms with Crippen LogP contribution in [0.15, 0.2) is 18.2 Å². The summed E-state index contributed by atoms with van der Waals surface area (Å²) >= 11 is 0. The number of ether oxygens (including phenoxy) is 1. The molecule has 15 heavy (non-hydrogen) atoms. The number of rotatable bonds is 5. The molecule has 0 spiro atoms. The van der Waals surface area contributed by atoms with Crippen molar-refractivity contribution in [2.75, 3.05) is 25.6 Å². The molecule has 0 atom stereocenters. The summed E-state index contributed by atoms with van der Waals surface area (Å²) in [4.78, 5) is 0. The molecule has 0 saturated carbocycles. The Bertz CT molecular complexity index is 355. The van der Waals surface area contributed by atoms with Crippen molar-refractivity contribution in [3.05, 3.63) is 29.3 Å². The van der Waals surface area contributed by atoms with E-state index in [9.17, 15) is 0 Å². The van der Waals surface area contributed by atoms with Crippen LogP contribution in [-0.2, 0) is 4.74 Å². The van der Waals surface area contributed by atoms with Gasteiger partial charge in [-0.3, -0.25) is 0 Å². The number of benzene rings is 1. The van der Waals surface area contributed by atoms with Crippen LogP contribution in [0.5, 0.6) is 0 Å². The van der Waals surface area contributed by atoms with E-state index in [2.05, 4.69) is 11.4 Å². The van der Waals surface area contributed by atoms with Gasteiger partial charge in [0.1, 0.15) is 0 Å². The van der Waals surface area contributed by atoms with Gasteiger partial charge in [0.25, 0.3) is 0 Å². The number of methoxy groups -OCH3 is 1. The van der Waals surface area contributed by atoms with Crippen molar-refractivity contribution in [3.63, 3.8) is 0 Å². The number of nitriles is 1. The summed E-state index contributed by atoms with van der Waals surface area (Å²) in [6.45, 7) is 3.60. The molecule has 0 aliphatic rings. The lowest BCUT2D eigenvalue weighted by Crippen LogP contribution is -2.04. The maximum absolute atomic E-state index is 8.77. The predicted molar refractivity (Wildman–Crippen MR) is 60.9 cm³/mol. The van der Waals surface area contributed by atoms with E-state index in [4.69, 9.17) is 10.00 Å². The molecule has 0 amide bonds. The van der Waals surface area contributed by atoms with Crippen molar-refractivity contribution in [1.82, 2.24) is 0 Å². The van der Waals surface area contributed by atoms with E-state index in [1.54, 1.807) is 7.11 Å². The van der Waals surface area contributed by atoms with Crippen LogP contribution >= 0.6 is 0 Å². The van der Waals surface area contributed by atoms with E-state index >= 15 is 0 Å². The molecular weight excluding hydrogens is 188 g/mol. The SMILES string of the molecule is COCCCNc1ccc(C#N)c(C)c1. The second kappa shape index (κ2) is 6.05. The highest BCUT2D eigenvalue weighted by Crippen LogP contribution is 2.14. The van der Waals surface area contributed by atoms with Crippen molar-refractivity contribution in [1.29, 1.82) is 5.26 Å². The van der Waals surface area contributed by atoms with Crippen molar-refractivity contribution in [3.8, 4) is 6.07 Å². The summed E-state index contributed by atoms with van der Waals surface area (Å²) in [5.41, 5.74) is 2.80. The average molecular weight is 204 g/mol. The lowest BCUT2D eigenvalue weighted by Gasteiger charge is -2.07. The van der Waals surface area contributed by atoms with Gasteiger partial charge in [-0.2, -0.15) is 5.26 Å². The highest BCUT2D eigenvalue weighted by atomic mass is 16.5. The molecule has 1 aromatic rings. The zero-order valence-corrected chi connectivity index (χ0v) is 9.21. The van der Waals surface area contributed by atoms with E-state index in [1.165, 1.54) is 0 Å². The van der Waals surface area contributed by atoms with Crippen molar-refractivity contribution >= 4 is 5.69 Å². The minimum absolute atomic E-state index is 0.734. The van der Waals surface area contributed by atoms with E-state index in [-0.39, 0.29) is 0 Å². The van der Waals surface area contributed by atoms with Gasteiger partial charge in [0.05, 0.1) is 11.6 Å². The molecule has 3 nitrogen and oxygen atoms in total. The van der Waals surface area contributed by atoms with Crippen molar-refractivity contribution < 1.29 is 4.74 Å². The Balaban J connectivity index is 2.49. The van der Waals surface area contributed by atoms with Crippen LogP contribution in [0, 0.1) is 18.3 Å². The molecule has 1 rings (SSSR count). The number of nitrogens with one attached hydrogen (secondary N) is 1. The van der Waals surface area contributed by atoms with Crippen molar-refractivity contribution in [2.24, 2.45) is 0 Å². The van der Waals surface area contributed by atoms with Gasteiger partial charge in [0.2, 0.25) is 0 Å². The number of aryl methyl sites for hydroxylation is 1. The van der Waals surface area contributed by atoms with Gasteiger partial charge in [-0.25, -0.2) is 0 Å². The normalized spacial score (nSPS) is 9.67. The van der Waals surface area contributed by atoms with Crippen LogP contribution in [0.3, 0.4) is 0 Å². The Kier molecular flexibility index (Phi) is 4.65. The molecule has 0 saturated heterocycles. The largest absolute Gasteiger partial charge is 0.385 e. The fourth-order valence-electron chi connectivity index (χ4n) is 1.35. The predicted octanol–water partition coefficient (Wildman–Crippen LogP) is 2.32. The molecule has 0 radical (unpaired) electrons. The van der Waals surface area contributed by atoms with Crippen LogP contribution in [0.1, 0.15) is 17.5 Å². The van der Waals surface area contributed by atoms with Crippen LogP contribution in [-0.4, -0.2) is 20.3 Å². The van der Waals surface area contributed by atoms with E-state index in [0.717, 1.165) is 36.4 Å². The van der Waals surface area contributed by atoms with E-state index < -0.39 is 0 Å². The van der Waals surface area contributed by atoms with Crippen LogP contribution in [0.4, 0.5) is 5.69 Å². The van der Waals surface area contributed by atoms with Gasteiger partial charge >= 0.3 is 0 Å². The number of hydrogen-bond acceptors (Lipinski definition) is 3. The highest BCUT2D eigenvalue weighted by molar-refractivity contribution is 5.51. The monoisotopic (exact) mass is 204 g/mol. The fourth-order valence-corrected chi connectivity index (χ4v) is 1.35. The minimum atomic E-state index is 0.734. The summed E-state index contributed by atoms with van der Waals surface area (Å²) < 4.78 is 4.96. The van der Waals surface area contributed by atoms with Gasteiger partial charge in [-0.15, -0.1) is 0 Å². The third-order valence-corrected chi connectivity index (χ3v) is 2.20. The molecule has 0 unspecified atom stereocenters. The number of nitrogens with zero attached hydrogens (tertiary/aromatic N) is 1. The summed E-state index contributed by atoms with van der Waals surface area (Å²) in [5.74, 6) is 0. The quantitative estimate of drug-likeness (QED) is 0.748. The maximum Gasteiger partial charge on any atom is 0.0994 e. The van der Waals surface area contributed by atoms with Crippen LogP contribution in [0.25, 0.3) is 0 Å². The first-order valence-electron chi connectivity index (χ1n) is 5.01. The molecule has 0 aliphatic carbocycles. The number of hydrogen-bond donors (Lipinski definition) is 1. The smallest absolute Gasteiger partial charge is 0.0994 e. The topological polar surface area (TPSA) is 45.0 Å². The van der Waals surface area contributed by atoms with E-state index in [0.29, 0.717) is 0 Å². The van der Waals surface area contributed by atoms with Gasteiger partial charge in [0, 0.05) is 25.9 Å². The standard InChI is InChI=1S/C12H16N2O/c1-10-8-12(5-4-11(10)9-13)14-6-3-7-15-2/h4-5,8,14H,3,6-7H2,1-2H3. The lowest BCUT2D eigenvalue weighted by atomic mass is 10.1. The average Bonchev–Trinajstić information content (AvgIpc) is 2.25. The molecule has 0 bridgehead atoms. The number of anilines is 1. The molecular formula is C12H16N2O. The Morgan fingerprint density at radius 2 is 2.27 bits per heavy atom. The summed E-state index contributed by atoms with van der Waals surface area (Å²) in [6, 6.07) is 7.91. The third kappa shape index (κ3) is 3.61. The Labute approximate surface area is 90.7 Å². The van der Waals surface area contributed by atoms with Crippen molar-refractivity contribution in [2.45, 2.75) is 13.3 Å². The molecule has 0 aromatic heterocycles. The van der Waals surface area contributed by atoms with E-state index in [1.807, 2.05) is 25.1 Å². The van der Waals surface area contributed by atoms with Gasteiger partial charge in [-0.05, 0) is 37.1 Å². The molecule has 3 heteroatoms.